The standard InChI is InChI=1S/C13H18N6.HI/c14-13(18-7-3-1-4-8-18)15-10-12-17-16-11-6-2-5-9-19(11)12;/h2,5-6,9H,1,3-4,7-8,10H2,(H2,14,15);1H. The number of guanidine groups is 1. The molecule has 2 aromatic heterocycles. The molecule has 2 N–H and O–H groups in total. The van der Waals surface area contributed by atoms with Gasteiger partial charge in [-0.3, -0.25) is 4.40 Å². The van der Waals surface area contributed by atoms with Gasteiger partial charge < -0.3 is 10.6 Å². The maximum Gasteiger partial charge on any atom is 0.191 e. The van der Waals surface area contributed by atoms with Gasteiger partial charge in [0.15, 0.2) is 17.4 Å². The van der Waals surface area contributed by atoms with Crippen LogP contribution >= 0.6 is 24.0 Å². The van der Waals surface area contributed by atoms with Crippen molar-refractivity contribution >= 4 is 35.6 Å². The first kappa shape index (κ1) is 15.0. The van der Waals surface area contributed by atoms with E-state index in [4.69, 9.17) is 5.73 Å². The molecule has 0 aromatic carbocycles. The van der Waals surface area contributed by atoms with E-state index in [1.54, 1.807) is 0 Å². The van der Waals surface area contributed by atoms with Crippen LogP contribution in [0.5, 0.6) is 0 Å². The predicted molar refractivity (Wildman–Crippen MR) is 89.2 cm³/mol. The molecule has 0 amide bonds. The van der Waals surface area contributed by atoms with Crippen molar-refractivity contribution in [2.75, 3.05) is 13.1 Å². The molecule has 20 heavy (non-hydrogen) atoms. The van der Waals surface area contributed by atoms with Crippen molar-refractivity contribution in [1.82, 2.24) is 19.5 Å². The van der Waals surface area contributed by atoms with E-state index in [1.165, 1.54) is 19.3 Å². The monoisotopic (exact) mass is 386 g/mol. The van der Waals surface area contributed by atoms with E-state index >= 15 is 0 Å². The molecular weight excluding hydrogens is 367 g/mol. The quantitative estimate of drug-likeness (QED) is 0.484. The van der Waals surface area contributed by atoms with E-state index in [0.29, 0.717) is 12.5 Å². The lowest BCUT2D eigenvalue weighted by Gasteiger charge is -2.27. The zero-order valence-electron chi connectivity index (χ0n) is 11.3. The minimum Gasteiger partial charge on any atom is -0.370 e. The molecule has 3 rings (SSSR count). The summed E-state index contributed by atoms with van der Waals surface area (Å²) in [5, 5.41) is 8.24. The second-order valence-electron chi connectivity index (χ2n) is 4.77. The third-order valence-electron chi connectivity index (χ3n) is 3.45. The van der Waals surface area contributed by atoms with E-state index in [9.17, 15) is 0 Å². The summed E-state index contributed by atoms with van der Waals surface area (Å²) >= 11 is 0. The van der Waals surface area contributed by atoms with Crippen LogP contribution in [0, 0.1) is 0 Å². The van der Waals surface area contributed by atoms with Crippen LogP contribution in [0.3, 0.4) is 0 Å². The summed E-state index contributed by atoms with van der Waals surface area (Å²) < 4.78 is 1.94. The molecule has 0 aliphatic carbocycles. The molecule has 1 fully saturated rings. The van der Waals surface area contributed by atoms with Crippen LogP contribution in [-0.2, 0) is 6.54 Å². The van der Waals surface area contributed by atoms with E-state index in [1.807, 2.05) is 28.8 Å². The SMILES string of the molecule is I.NC(=NCc1nnc2ccccn12)N1CCCCC1. The number of fused-ring (bicyclic) bond motifs is 1. The fourth-order valence-corrected chi connectivity index (χ4v) is 2.37. The summed E-state index contributed by atoms with van der Waals surface area (Å²) in [5.41, 5.74) is 6.86. The van der Waals surface area contributed by atoms with Gasteiger partial charge in [-0.25, -0.2) is 4.99 Å². The van der Waals surface area contributed by atoms with Crippen molar-refractivity contribution in [3.05, 3.63) is 30.2 Å². The minimum absolute atomic E-state index is 0. The normalized spacial score (nSPS) is 16.2. The number of aliphatic imine (C=N–C) groups is 1. The summed E-state index contributed by atoms with van der Waals surface area (Å²) in [6, 6.07) is 5.82. The van der Waals surface area contributed by atoms with Crippen LogP contribution in [0.2, 0.25) is 0 Å². The number of halogens is 1. The molecule has 0 saturated carbocycles. The third-order valence-corrected chi connectivity index (χ3v) is 3.45. The van der Waals surface area contributed by atoms with E-state index in [0.717, 1.165) is 24.6 Å². The Kier molecular flexibility index (Phi) is 5.16. The number of piperidine rings is 1. The molecule has 1 aliphatic heterocycles. The van der Waals surface area contributed by atoms with Gasteiger partial charge in [0, 0.05) is 19.3 Å². The molecule has 3 heterocycles. The zero-order chi connectivity index (χ0) is 13.1. The highest BCUT2D eigenvalue weighted by atomic mass is 127. The Morgan fingerprint density at radius 1 is 1.20 bits per heavy atom. The molecule has 0 radical (unpaired) electrons. The average molecular weight is 386 g/mol. The van der Waals surface area contributed by atoms with Crippen LogP contribution < -0.4 is 5.73 Å². The number of aromatic nitrogens is 3. The average Bonchev–Trinajstić information content (AvgIpc) is 2.89. The molecule has 0 atom stereocenters. The number of hydrogen-bond acceptors (Lipinski definition) is 3. The molecule has 0 unspecified atom stereocenters. The van der Waals surface area contributed by atoms with Gasteiger partial charge in [-0.05, 0) is 31.4 Å². The van der Waals surface area contributed by atoms with Gasteiger partial charge in [-0.15, -0.1) is 34.2 Å². The Morgan fingerprint density at radius 2 is 2.00 bits per heavy atom. The maximum absolute atomic E-state index is 6.03. The van der Waals surface area contributed by atoms with E-state index in [2.05, 4.69) is 20.1 Å². The number of nitrogens with zero attached hydrogens (tertiary/aromatic N) is 5. The van der Waals surface area contributed by atoms with E-state index < -0.39 is 0 Å². The molecule has 0 bridgehead atoms. The summed E-state index contributed by atoms with van der Waals surface area (Å²) in [4.78, 5) is 6.58. The highest BCUT2D eigenvalue weighted by Gasteiger charge is 2.12. The molecule has 108 valence electrons. The minimum atomic E-state index is 0. The number of likely N-dealkylation sites (tertiary alicyclic amines) is 1. The molecule has 1 aliphatic rings. The van der Waals surface area contributed by atoms with Crippen molar-refractivity contribution in [2.45, 2.75) is 25.8 Å². The van der Waals surface area contributed by atoms with Gasteiger partial charge in [0.05, 0.1) is 0 Å². The van der Waals surface area contributed by atoms with Gasteiger partial charge in [-0.1, -0.05) is 6.07 Å². The first-order chi connectivity index (χ1) is 9.34. The summed E-state index contributed by atoms with van der Waals surface area (Å²) in [6.07, 6.45) is 5.63. The Morgan fingerprint density at radius 3 is 2.80 bits per heavy atom. The van der Waals surface area contributed by atoms with Crippen LogP contribution in [0.4, 0.5) is 0 Å². The smallest absolute Gasteiger partial charge is 0.191 e. The topological polar surface area (TPSA) is 71.8 Å². The molecular formula is C13H19IN6. The molecule has 0 spiro atoms. The Bertz CT molecular complexity index is 587. The summed E-state index contributed by atoms with van der Waals surface area (Å²) in [7, 11) is 0. The highest BCUT2D eigenvalue weighted by Crippen LogP contribution is 2.09. The third kappa shape index (κ3) is 3.20. The van der Waals surface area contributed by atoms with Gasteiger partial charge in [0.2, 0.25) is 0 Å². The lowest BCUT2D eigenvalue weighted by molar-refractivity contribution is 0.338. The lowest BCUT2D eigenvalue weighted by Crippen LogP contribution is -2.40. The fraction of sp³-hybridized carbons (Fsp3) is 0.462. The molecule has 1 saturated heterocycles. The van der Waals surface area contributed by atoms with Gasteiger partial charge >= 0.3 is 0 Å². The van der Waals surface area contributed by atoms with Crippen molar-refractivity contribution in [3.8, 4) is 0 Å². The molecule has 7 heteroatoms. The van der Waals surface area contributed by atoms with Gasteiger partial charge in [-0.2, -0.15) is 0 Å². The highest BCUT2D eigenvalue weighted by molar-refractivity contribution is 14.0. The van der Waals surface area contributed by atoms with Crippen LogP contribution in [-0.4, -0.2) is 38.5 Å². The lowest BCUT2D eigenvalue weighted by atomic mass is 10.1. The zero-order valence-corrected chi connectivity index (χ0v) is 13.6. The van der Waals surface area contributed by atoms with E-state index in [-0.39, 0.29) is 24.0 Å². The van der Waals surface area contributed by atoms with Crippen molar-refractivity contribution in [1.29, 1.82) is 0 Å². The Balaban J connectivity index is 0.00000147. The summed E-state index contributed by atoms with van der Waals surface area (Å²) in [5.74, 6) is 1.43. The van der Waals surface area contributed by atoms with Crippen LogP contribution in [0.15, 0.2) is 29.4 Å². The van der Waals surface area contributed by atoms with Crippen molar-refractivity contribution in [3.63, 3.8) is 0 Å². The number of hydrogen-bond donors (Lipinski definition) is 1. The maximum atomic E-state index is 6.03. The molecule has 6 nitrogen and oxygen atoms in total. The second-order valence-corrected chi connectivity index (χ2v) is 4.77. The number of nitrogens with two attached hydrogens (primary N) is 1. The Labute approximate surface area is 135 Å². The van der Waals surface area contributed by atoms with Gasteiger partial charge in [0.25, 0.3) is 0 Å². The summed E-state index contributed by atoms with van der Waals surface area (Å²) in [6.45, 7) is 2.49. The largest absolute Gasteiger partial charge is 0.370 e. The van der Waals surface area contributed by atoms with Crippen molar-refractivity contribution < 1.29 is 0 Å². The Hall–Kier alpha value is -1.38. The molecule has 2 aromatic rings. The van der Waals surface area contributed by atoms with Crippen LogP contribution in [0.25, 0.3) is 5.65 Å². The van der Waals surface area contributed by atoms with Crippen molar-refractivity contribution in [2.24, 2.45) is 10.7 Å². The first-order valence-corrected chi connectivity index (χ1v) is 6.68. The second kappa shape index (κ2) is 6.87. The predicted octanol–water partition coefficient (Wildman–Crippen LogP) is 1.65. The van der Waals surface area contributed by atoms with Crippen LogP contribution in [0.1, 0.15) is 25.1 Å². The number of pyridine rings is 1. The number of rotatable bonds is 2. The first-order valence-electron chi connectivity index (χ1n) is 6.68. The fourth-order valence-electron chi connectivity index (χ4n) is 2.37. The van der Waals surface area contributed by atoms with Gasteiger partial charge in [0.1, 0.15) is 6.54 Å².